The minimum absolute atomic E-state index is 0.380. The number of amidine groups is 3. The second-order valence-electron chi connectivity index (χ2n) is 14.2. The monoisotopic (exact) mass is 746 g/mol. The standard InChI is InChI=1S/C48H30N10/c1-4-19-34(20-5-1)55-37-25-13-10-16-31(37)28-40(55)43-49-46-51-44(41-29-32-17-11-14-26-38(32)56(41)35-21-6-2-7-22-35)53-48-54-45(52-47(50-43)58(46)48)42-30-33-18-12-15-27-39(33)57(42)36-23-8-3-9-24-36/h1-30H. The van der Waals surface area contributed by atoms with Crippen LogP contribution in [0.1, 0.15) is 17.1 Å². The van der Waals surface area contributed by atoms with Gasteiger partial charge >= 0.3 is 0 Å². The lowest BCUT2D eigenvalue weighted by Gasteiger charge is -2.30. The largest absolute Gasteiger partial charge is 0.306 e. The molecule has 10 heteroatoms. The van der Waals surface area contributed by atoms with Crippen molar-refractivity contribution in [3.63, 3.8) is 0 Å². The van der Waals surface area contributed by atoms with Crippen LogP contribution in [0.2, 0.25) is 0 Å². The average molecular weight is 747 g/mol. The number of rotatable bonds is 6. The molecule has 0 fully saturated rings. The van der Waals surface area contributed by atoms with Crippen LogP contribution in [0.5, 0.6) is 0 Å². The van der Waals surface area contributed by atoms with E-state index in [-0.39, 0.29) is 0 Å². The van der Waals surface area contributed by atoms with Gasteiger partial charge in [-0.2, -0.15) is 30.0 Å². The van der Waals surface area contributed by atoms with Crippen LogP contribution in [-0.2, 0) is 0 Å². The number of para-hydroxylation sites is 6. The predicted octanol–water partition coefficient (Wildman–Crippen LogP) is 9.57. The van der Waals surface area contributed by atoms with E-state index in [1.54, 1.807) is 4.90 Å². The van der Waals surface area contributed by atoms with Crippen LogP contribution in [-0.4, -0.2) is 54.0 Å². The minimum Gasteiger partial charge on any atom is -0.306 e. The molecule has 0 unspecified atom stereocenters. The lowest BCUT2D eigenvalue weighted by molar-refractivity contribution is 0.824. The second kappa shape index (κ2) is 12.7. The summed E-state index contributed by atoms with van der Waals surface area (Å²) in [5, 5.41) is 3.19. The topological polar surface area (TPSA) is 92.2 Å². The highest BCUT2D eigenvalue weighted by Crippen LogP contribution is 2.32. The normalized spacial score (nSPS) is 14.8. The fourth-order valence-electron chi connectivity index (χ4n) is 8.15. The summed E-state index contributed by atoms with van der Waals surface area (Å²) in [4.78, 5) is 33.0. The summed E-state index contributed by atoms with van der Waals surface area (Å²) in [5.74, 6) is 2.56. The highest BCUT2D eigenvalue weighted by atomic mass is 15.5. The van der Waals surface area contributed by atoms with E-state index in [0.717, 1.165) is 66.9 Å². The van der Waals surface area contributed by atoms with Gasteiger partial charge in [0.15, 0.2) is 17.5 Å². The van der Waals surface area contributed by atoms with Crippen molar-refractivity contribution < 1.29 is 0 Å². The van der Waals surface area contributed by atoms with Gasteiger partial charge in [-0.25, -0.2) is 4.90 Å². The fraction of sp³-hybridized carbons (Fsp3) is 0. The third kappa shape index (κ3) is 4.98. The van der Waals surface area contributed by atoms with Crippen LogP contribution < -0.4 is 0 Å². The van der Waals surface area contributed by atoms with Crippen molar-refractivity contribution in [1.29, 1.82) is 0 Å². The summed E-state index contributed by atoms with van der Waals surface area (Å²) >= 11 is 0. The van der Waals surface area contributed by atoms with Crippen LogP contribution >= 0.6 is 0 Å². The molecule has 0 spiro atoms. The van der Waals surface area contributed by atoms with Gasteiger partial charge in [-0.1, -0.05) is 109 Å². The van der Waals surface area contributed by atoms with E-state index in [9.17, 15) is 0 Å². The SMILES string of the molecule is c1ccc(-n2c(C3=NC4=NC(c5cc6ccccc6n5-c5ccccc5)=NC5=NC(c6cc7ccccc7n6-c6ccccc6)=NC(=N3)N45)cc3ccccc32)cc1. The number of aromatic nitrogens is 3. The van der Waals surface area contributed by atoms with Crippen molar-refractivity contribution in [3.8, 4) is 17.1 Å². The van der Waals surface area contributed by atoms with Crippen molar-refractivity contribution in [2.75, 3.05) is 0 Å². The number of hydrogen-bond donors (Lipinski definition) is 0. The molecule has 0 bridgehead atoms. The molecule has 3 aromatic heterocycles. The molecule has 0 aliphatic carbocycles. The van der Waals surface area contributed by atoms with Crippen molar-refractivity contribution in [2.45, 2.75) is 0 Å². The summed E-state index contributed by atoms with van der Waals surface area (Å²) in [6.45, 7) is 0. The van der Waals surface area contributed by atoms with Gasteiger partial charge in [0.1, 0.15) is 0 Å². The van der Waals surface area contributed by atoms with Gasteiger partial charge in [-0.3, -0.25) is 0 Å². The Kier molecular flexibility index (Phi) is 6.99. The Morgan fingerprint density at radius 1 is 0.276 bits per heavy atom. The van der Waals surface area contributed by atoms with E-state index in [1.165, 1.54) is 0 Å². The molecule has 0 radical (unpaired) electrons. The first-order chi connectivity index (χ1) is 28.7. The van der Waals surface area contributed by atoms with Crippen molar-refractivity contribution in [3.05, 3.63) is 199 Å². The highest BCUT2D eigenvalue weighted by Gasteiger charge is 2.38. The molecule has 12 rings (SSSR count). The highest BCUT2D eigenvalue weighted by molar-refractivity contribution is 6.34. The molecule has 3 aliphatic rings. The van der Waals surface area contributed by atoms with E-state index >= 15 is 0 Å². The minimum atomic E-state index is 0.380. The van der Waals surface area contributed by atoms with E-state index in [0.29, 0.717) is 35.4 Å². The smallest absolute Gasteiger partial charge is 0.243 e. The van der Waals surface area contributed by atoms with Crippen LogP contribution in [0, 0.1) is 0 Å². The zero-order chi connectivity index (χ0) is 38.2. The summed E-state index contributed by atoms with van der Waals surface area (Å²) in [6.07, 6.45) is 0. The Bertz CT molecular complexity index is 2970. The molecule has 6 heterocycles. The van der Waals surface area contributed by atoms with E-state index in [2.05, 4.69) is 105 Å². The molecule has 0 saturated carbocycles. The van der Waals surface area contributed by atoms with Crippen LogP contribution in [0.25, 0.3) is 49.8 Å². The number of hydrogen-bond acceptors (Lipinski definition) is 7. The maximum Gasteiger partial charge on any atom is 0.243 e. The van der Waals surface area contributed by atoms with Gasteiger partial charge in [-0.15, -0.1) is 0 Å². The maximum absolute atomic E-state index is 5.21. The Morgan fingerprint density at radius 3 is 0.862 bits per heavy atom. The summed E-state index contributed by atoms with van der Waals surface area (Å²) in [6, 6.07) is 62.2. The zero-order valence-electron chi connectivity index (χ0n) is 30.8. The summed E-state index contributed by atoms with van der Waals surface area (Å²) in [5.41, 5.74) is 8.52. The van der Waals surface area contributed by atoms with Gasteiger partial charge in [0.25, 0.3) is 0 Å². The third-order valence-electron chi connectivity index (χ3n) is 10.7. The van der Waals surface area contributed by atoms with Gasteiger partial charge < -0.3 is 13.7 Å². The molecule has 0 amide bonds. The second-order valence-corrected chi connectivity index (χ2v) is 14.2. The molecule has 9 aromatic rings. The molecule has 0 N–H and O–H groups in total. The summed E-state index contributed by atoms with van der Waals surface area (Å²) in [7, 11) is 0. The van der Waals surface area contributed by atoms with Crippen molar-refractivity contribution in [2.24, 2.45) is 30.0 Å². The Morgan fingerprint density at radius 2 is 0.552 bits per heavy atom. The van der Waals surface area contributed by atoms with Gasteiger partial charge in [-0.05, 0) is 72.8 Å². The van der Waals surface area contributed by atoms with Crippen LogP contribution in [0.3, 0.4) is 0 Å². The lowest BCUT2D eigenvalue weighted by Crippen LogP contribution is -2.48. The first-order valence-corrected chi connectivity index (χ1v) is 19.1. The van der Waals surface area contributed by atoms with Crippen molar-refractivity contribution >= 4 is 68.1 Å². The van der Waals surface area contributed by atoms with E-state index in [1.807, 2.05) is 91.0 Å². The lowest BCUT2D eigenvalue weighted by atomic mass is 10.2. The van der Waals surface area contributed by atoms with E-state index < -0.39 is 0 Å². The van der Waals surface area contributed by atoms with Gasteiger partial charge in [0, 0.05) is 33.2 Å². The molecular formula is C48H30N10. The number of fused-ring (bicyclic) bond motifs is 3. The van der Waals surface area contributed by atoms with Crippen molar-refractivity contribution in [1.82, 2.24) is 18.6 Å². The number of guanidine groups is 3. The Balaban J connectivity index is 1.13. The molecule has 0 atom stereocenters. The molecule has 10 nitrogen and oxygen atoms in total. The number of benzene rings is 6. The predicted molar refractivity (Wildman–Crippen MR) is 234 cm³/mol. The number of aliphatic imine (C=N–C) groups is 6. The van der Waals surface area contributed by atoms with E-state index in [4.69, 9.17) is 30.0 Å². The molecule has 3 aliphatic heterocycles. The maximum atomic E-state index is 5.21. The molecule has 6 aromatic carbocycles. The zero-order valence-corrected chi connectivity index (χ0v) is 30.8. The molecule has 272 valence electrons. The first kappa shape index (κ1) is 32.0. The quantitative estimate of drug-likeness (QED) is 0.167. The van der Waals surface area contributed by atoms with Gasteiger partial charge in [0.2, 0.25) is 17.9 Å². The van der Waals surface area contributed by atoms with Crippen LogP contribution in [0.15, 0.2) is 212 Å². The fourth-order valence-corrected chi connectivity index (χ4v) is 8.15. The Hall–Kier alpha value is -8.24. The number of nitrogens with zero attached hydrogens (tertiary/aromatic N) is 10. The Labute approximate surface area is 331 Å². The average Bonchev–Trinajstić information content (AvgIpc) is 3.99. The first-order valence-electron chi connectivity index (χ1n) is 19.1. The van der Waals surface area contributed by atoms with Gasteiger partial charge in [0.05, 0.1) is 33.6 Å². The van der Waals surface area contributed by atoms with Crippen LogP contribution in [0.4, 0.5) is 0 Å². The molecule has 0 saturated heterocycles. The third-order valence-corrected chi connectivity index (χ3v) is 10.7. The molecule has 58 heavy (non-hydrogen) atoms. The molecular weight excluding hydrogens is 717 g/mol. The summed E-state index contributed by atoms with van der Waals surface area (Å²) < 4.78 is 6.57.